The monoisotopic (exact) mass is 301 g/mol. The van der Waals surface area contributed by atoms with E-state index < -0.39 is 0 Å². The molecule has 1 saturated heterocycles. The minimum absolute atomic E-state index is 0.0666. The Labute approximate surface area is 128 Å². The van der Waals surface area contributed by atoms with Crippen LogP contribution in [0.4, 0.5) is 0 Å². The maximum atomic E-state index is 12.6. The lowest BCUT2D eigenvalue weighted by molar-refractivity contribution is 0.0666. The molecule has 2 aromatic heterocycles. The topological polar surface area (TPSA) is 46.1 Å². The second-order valence-corrected chi connectivity index (χ2v) is 6.54. The molecule has 0 N–H and O–H groups in total. The van der Waals surface area contributed by atoms with E-state index in [2.05, 4.69) is 9.97 Å². The van der Waals surface area contributed by atoms with Crippen molar-refractivity contribution < 1.29 is 4.79 Å². The lowest BCUT2D eigenvalue weighted by atomic mass is 9.94. The summed E-state index contributed by atoms with van der Waals surface area (Å²) in [6.45, 7) is 3.59. The number of pyridine rings is 1. The van der Waals surface area contributed by atoms with Crippen LogP contribution < -0.4 is 0 Å². The van der Waals surface area contributed by atoms with E-state index in [-0.39, 0.29) is 5.91 Å². The summed E-state index contributed by atoms with van der Waals surface area (Å²) >= 11 is 1.70. The average molecular weight is 301 g/mol. The van der Waals surface area contributed by atoms with Crippen LogP contribution in [0, 0.1) is 12.8 Å². The number of amides is 1. The Morgan fingerprint density at radius 3 is 3.10 bits per heavy atom. The minimum atomic E-state index is 0.0666. The van der Waals surface area contributed by atoms with Gasteiger partial charge in [0.2, 0.25) is 0 Å². The molecule has 0 aromatic carbocycles. The second-order valence-electron chi connectivity index (χ2n) is 5.56. The van der Waals surface area contributed by atoms with Gasteiger partial charge in [0.25, 0.3) is 5.91 Å². The van der Waals surface area contributed by atoms with Crippen molar-refractivity contribution in [1.82, 2.24) is 14.9 Å². The molecule has 1 amide bonds. The summed E-state index contributed by atoms with van der Waals surface area (Å²) in [5, 5.41) is 3.18. The molecule has 1 aliphatic rings. The molecule has 1 unspecified atom stereocenters. The van der Waals surface area contributed by atoms with Crippen molar-refractivity contribution in [3.05, 3.63) is 46.2 Å². The van der Waals surface area contributed by atoms with Crippen molar-refractivity contribution in [2.45, 2.75) is 26.2 Å². The third-order valence-corrected chi connectivity index (χ3v) is 4.77. The maximum Gasteiger partial charge on any atom is 0.272 e. The summed E-state index contributed by atoms with van der Waals surface area (Å²) < 4.78 is 0. The zero-order valence-corrected chi connectivity index (χ0v) is 13.0. The van der Waals surface area contributed by atoms with Crippen LogP contribution in [0.2, 0.25) is 0 Å². The number of hydrogen-bond donors (Lipinski definition) is 0. The molecule has 21 heavy (non-hydrogen) atoms. The van der Waals surface area contributed by atoms with Gasteiger partial charge in [0.05, 0.1) is 5.01 Å². The van der Waals surface area contributed by atoms with E-state index in [1.165, 1.54) is 11.4 Å². The van der Waals surface area contributed by atoms with Crippen molar-refractivity contribution >= 4 is 17.2 Å². The Balaban J connectivity index is 1.68. The number of hydrogen-bond acceptors (Lipinski definition) is 4. The van der Waals surface area contributed by atoms with Crippen LogP contribution >= 0.6 is 11.3 Å². The van der Waals surface area contributed by atoms with Crippen molar-refractivity contribution in [1.29, 1.82) is 0 Å². The van der Waals surface area contributed by atoms with Gasteiger partial charge in [-0.1, -0.05) is 6.07 Å². The Kier molecular flexibility index (Phi) is 4.29. The number of aryl methyl sites for hydroxylation is 1. The Hall–Kier alpha value is -1.75. The number of carbonyl (C=O) groups is 1. The number of thiazole rings is 1. The van der Waals surface area contributed by atoms with Gasteiger partial charge in [-0.25, -0.2) is 4.98 Å². The highest BCUT2D eigenvalue weighted by atomic mass is 32.1. The fourth-order valence-corrected chi connectivity index (χ4v) is 3.61. The molecule has 0 saturated carbocycles. The van der Waals surface area contributed by atoms with Crippen LogP contribution in [-0.4, -0.2) is 33.9 Å². The van der Waals surface area contributed by atoms with Crippen LogP contribution in [0.3, 0.4) is 0 Å². The first-order valence-corrected chi connectivity index (χ1v) is 8.21. The molecule has 3 heterocycles. The maximum absolute atomic E-state index is 12.6. The molecule has 0 spiro atoms. The Morgan fingerprint density at radius 2 is 2.33 bits per heavy atom. The number of aromatic nitrogens is 2. The predicted molar refractivity (Wildman–Crippen MR) is 83.4 cm³/mol. The number of rotatable bonds is 3. The average Bonchev–Trinajstić information content (AvgIpc) is 3.00. The van der Waals surface area contributed by atoms with Gasteiger partial charge < -0.3 is 4.90 Å². The van der Waals surface area contributed by atoms with Gasteiger partial charge in [0, 0.05) is 37.3 Å². The SMILES string of the molecule is Cc1cccnc1C(=O)N1CCCC(Cc2nccs2)C1. The molecular formula is C16H19N3OS. The molecule has 1 aliphatic heterocycles. The molecular weight excluding hydrogens is 282 g/mol. The van der Waals surface area contributed by atoms with Crippen LogP contribution in [0.15, 0.2) is 29.9 Å². The predicted octanol–water partition coefficient (Wildman–Crippen LogP) is 2.94. The lowest BCUT2D eigenvalue weighted by Gasteiger charge is -2.32. The van der Waals surface area contributed by atoms with Crippen molar-refractivity contribution in [3.63, 3.8) is 0 Å². The molecule has 0 aliphatic carbocycles. The van der Waals surface area contributed by atoms with E-state index in [4.69, 9.17) is 0 Å². The highest BCUT2D eigenvalue weighted by molar-refractivity contribution is 7.09. The van der Waals surface area contributed by atoms with Gasteiger partial charge in [-0.15, -0.1) is 11.3 Å². The molecule has 0 radical (unpaired) electrons. The van der Waals surface area contributed by atoms with E-state index in [1.807, 2.05) is 35.5 Å². The fraction of sp³-hybridized carbons (Fsp3) is 0.438. The first-order chi connectivity index (χ1) is 10.2. The first-order valence-electron chi connectivity index (χ1n) is 7.33. The van der Waals surface area contributed by atoms with Gasteiger partial charge >= 0.3 is 0 Å². The molecule has 3 rings (SSSR count). The lowest BCUT2D eigenvalue weighted by Crippen LogP contribution is -2.41. The highest BCUT2D eigenvalue weighted by Crippen LogP contribution is 2.23. The van der Waals surface area contributed by atoms with Crippen LogP contribution in [0.1, 0.15) is 33.9 Å². The van der Waals surface area contributed by atoms with Gasteiger partial charge in [-0.3, -0.25) is 9.78 Å². The smallest absolute Gasteiger partial charge is 0.272 e. The number of carbonyl (C=O) groups excluding carboxylic acids is 1. The zero-order valence-electron chi connectivity index (χ0n) is 12.2. The summed E-state index contributed by atoms with van der Waals surface area (Å²) in [4.78, 5) is 23.2. The number of likely N-dealkylation sites (tertiary alicyclic amines) is 1. The minimum Gasteiger partial charge on any atom is -0.337 e. The summed E-state index contributed by atoms with van der Waals surface area (Å²) in [5.74, 6) is 0.579. The molecule has 0 bridgehead atoms. The van der Waals surface area contributed by atoms with Crippen LogP contribution in [-0.2, 0) is 6.42 Å². The molecule has 1 fully saturated rings. The summed E-state index contributed by atoms with van der Waals surface area (Å²) in [6.07, 6.45) is 6.75. The zero-order chi connectivity index (χ0) is 14.7. The normalized spacial score (nSPS) is 18.7. The fourth-order valence-electron chi connectivity index (χ4n) is 2.88. The Bertz CT molecular complexity index is 612. The summed E-state index contributed by atoms with van der Waals surface area (Å²) in [7, 11) is 0. The number of piperidine rings is 1. The van der Waals surface area contributed by atoms with E-state index >= 15 is 0 Å². The summed E-state index contributed by atoms with van der Waals surface area (Å²) in [5.41, 5.74) is 1.54. The largest absolute Gasteiger partial charge is 0.337 e. The third kappa shape index (κ3) is 3.29. The highest BCUT2D eigenvalue weighted by Gasteiger charge is 2.26. The van der Waals surface area contributed by atoms with Gasteiger partial charge in [-0.2, -0.15) is 0 Å². The molecule has 1 atom stereocenters. The second kappa shape index (κ2) is 6.35. The standard InChI is InChI=1S/C16H19N3OS/c1-12-4-2-6-18-15(12)16(20)19-8-3-5-13(11-19)10-14-17-7-9-21-14/h2,4,6-7,9,13H,3,5,8,10-11H2,1H3. The number of nitrogens with zero attached hydrogens (tertiary/aromatic N) is 3. The van der Waals surface area contributed by atoms with E-state index in [1.54, 1.807) is 17.5 Å². The first kappa shape index (κ1) is 14.2. The van der Waals surface area contributed by atoms with Crippen molar-refractivity contribution in [2.75, 3.05) is 13.1 Å². The summed E-state index contributed by atoms with van der Waals surface area (Å²) in [6, 6.07) is 3.81. The molecule has 2 aromatic rings. The van der Waals surface area contributed by atoms with Gasteiger partial charge in [0.15, 0.2) is 0 Å². The molecule has 110 valence electrons. The molecule has 4 nitrogen and oxygen atoms in total. The Morgan fingerprint density at radius 1 is 1.43 bits per heavy atom. The third-order valence-electron chi connectivity index (χ3n) is 3.96. The van der Waals surface area contributed by atoms with Gasteiger partial charge in [0.1, 0.15) is 5.69 Å². The van der Waals surface area contributed by atoms with E-state index in [0.717, 1.165) is 31.5 Å². The van der Waals surface area contributed by atoms with Crippen LogP contribution in [0.25, 0.3) is 0 Å². The quantitative estimate of drug-likeness (QED) is 0.875. The van der Waals surface area contributed by atoms with Crippen molar-refractivity contribution in [2.24, 2.45) is 5.92 Å². The van der Waals surface area contributed by atoms with Crippen LogP contribution in [0.5, 0.6) is 0 Å². The van der Waals surface area contributed by atoms with E-state index in [9.17, 15) is 4.79 Å². The van der Waals surface area contributed by atoms with E-state index in [0.29, 0.717) is 11.6 Å². The van der Waals surface area contributed by atoms with Crippen molar-refractivity contribution in [3.8, 4) is 0 Å². The molecule has 5 heteroatoms. The van der Waals surface area contributed by atoms with Gasteiger partial charge in [-0.05, 0) is 37.3 Å².